The van der Waals surface area contributed by atoms with Crippen LogP contribution in [-0.4, -0.2) is 42.0 Å². The number of nitrogens with zero attached hydrogens (tertiary/aromatic N) is 2. The van der Waals surface area contributed by atoms with Gasteiger partial charge in [0, 0.05) is 25.0 Å². The quantitative estimate of drug-likeness (QED) is 0.851. The van der Waals surface area contributed by atoms with Crippen molar-refractivity contribution in [2.45, 2.75) is 32.2 Å². The molecule has 0 saturated carbocycles. The Morgan fingerprint density at radius 3 is 2.74 bits per heavy atom. The molecule has 1 aliphatic heterocycles. The molecular formula is C13H22N4OS. The third kappa shape index (κ3) is 4.56. The van der Waals surface area contributed by atoms with Gasteiger partial charge >= 0.3 is 0 Å². The average Bonchev–Trinajstić information content (AvgIpc) is 2.76. The molecule has 1 fully saturated rings. The molecule has 0 bridgehead atoms. The van der Waals surface area contributed by atoms with Crippen molar-refractivity contribution in [3.05, 3.63) is 16.1 Å². The van der Waals surface area contributed by atoms with Crippen molar-refractivity contribution in [3.8, 4) is 0 Å². The predicted octanol–water partition coefficient (Wildman–Crippen LogP) is 1.21. The summed E-state index contributed by atoms with van der Waals surface area (Å²) in [5.41, 5.74) is 5.97. The van der Waals surface area contributed by atoms with Gasteiger partial charge in [0.1, 0.15) is 10.7 Å². The molecule has 2 heterocycles. The monoisotopic (exact) mass is 282 g/mol. The van der Waals surface area contributed by atoms with Gasteiger partial charge in [-0.3, -0.25) is 4.79 Å². The fourth-order valence-corrected chi connectivity index (χ4v) is 2.94. The van der Waals surface area contributed by atoms with Gasteiger partial charge < -0.3 is 16.0 Å². The van der Waals surface area contributed by atoms with Crippen LogP contribution in [0.4, 0.5) is 0 Å². The van der Waals surface area contributed by atoms with Crippen LogP contribution in [0.15, 0.2) is 5.38 Å². The second-order valence-electron chi connectivity index (χ2n) is 4.84. The Morgan fingerprint density at radius 2 is 2.11 bits per heavy atom. The van der Waals surface area contributed by atoms with Crippen molar-refractivity contribution < 1.29 is 4.79 Å². The third-order valence-corrected chi connectivity index (χ3v) is 4.24. The Kier molecular flexibility index (Phi) is 5.75. The van der Waals surface area contributed by atoms with E-state index in [1.807, 2.05) is 0 Å². The zero-order valence-electron chi connectivity index (χ0n) is 11.2. The molecule has 0 aromatic carbocycles. The van der Waals surface area contributed by atoms with Crippen molar-refractivity contribution in [1.82, 2.24) is 15.2 Å². The second kappa shape index (κ2) is 7.57. The highest BCUT2D eigenvalue weighted by Crippen LogP contribution is 2.09. The SMILES string of the molecule is NCc1nc(C(=O)NCCN2CCCCCC2)cs1. The van der Waals surface area contributed by atoms with Gasteiger partial charge in [0.05, 0.1) is 0 Å². The lowest BCUT2D eigenvalue weighted by atomic mass is 10.2. The van der Waals surface area contributed by atoms with E-state index in [4.69, 9.17) is 5.73 Å². The van der Waals surface area contributed by atoms with Crippen molar-refractivity contribution in [2.75, 3.05) is 26.2 Å². The fourth-order valence-electron chi connectivity index (χ4n) is 2.29. The minimum Gasteiger partial charge on any atom is -0.349 e. The van der Waals surface area contributed by atoms with Gasteiger partial charge in [-0.25, -0.2) is 4.98 Å². The van der Waals surface area contributed by atoms with Crippen LogP contribution >= 0.6 is 11.3 Å². The molecule has 6 heteroatoms. The number of amides is 1. The summed E-state index contributed by atoms with van der Waals surface area (Å²) in [6.07, 6.45) is 5.23. The van der Waals surface area contributed by atoms with E-state index >= 15 is 0 Å². The van der Waals surface area contributed by atoms with E-state index in [9.17, 15) is 4.79 Å². The van der Waals surface area contributed by atoms with Gasteiger partial charge in [0.2, 0.25) is 0 Å². The summed E-state index contributed by atoms with van der Waals surface area (Å²) < 4.78 is 0. The molecule has 0 spiro atoms. The Hall–Kier alpha value is -0.980. The maximum atomic E-state index is 11.9. The fraction of sp³-hybridized carbons (Fsp3) is 0.692. The second-order valence-corrected chi connectivity index (χ2v) is 5.79. The molecule has 1 aliphatic rings. The van der Waals surface area contributed by atoms with E-state index in [0.717, 1.165) is 24.6 Å². The molecule has 1 saturated heterocycles. The Bertz CT molecular complexity index is 399. The molecular weight excluding hydrogens is 260 g/mol. The summed E-state index contributed by atoms with van der Waals surface area (Å²) in [5, 5.41) is 5.50. The highest BCUT2D eigenvalue weighted by molar-refractivity contribution is 7.09. The zero-order chi connectivity index (χ0) is 13.5. The van der Waals surface area contributed by atoms with Crippen molar-refractivity contribution >= 4 is 17.2 Å². The van der Waals surface area contributed by atoms with Gasteiger partial charge in [-0.1, -0.05) is 12.8 Å². The van der Waals surface area contributed by atoms with E-state index in [-0.39, 0.29) is 5.91 Å². The summed E-state index contributed by atoms with van der Waals surface area (Å²) in [4.78, 5) is 18.5. The minimum atomic E-state index is -0.0919. The van der Waals surface area contributed by atoms with Crippen LogP contribution in [-0.2, 0) is 6.54 Å². The van der Waals surface area contributed by atoms with Gasteiger partial charge in [-0.05, 0) is 25.9 Å². The highest BCUT2D eigenvalue weighted by Gasteiger charge is 2.11. The van der Waals surface area contributed by atoms with Gasteiger partial charge in [-0.2, -0.15) is 0 Å². The molecule has 2 rings (SSSR count). The van der Waals surface area contributed by atoms with Crippen LogP contribution < -0.4 is 11.1 Å². The first kappa shape index (κ1) is 14.4. The summed E-state index contributed by atoms with van der Waals surface area (Å²) >= 11 is 1.43. The largest absolute Gasteiger partial charge is 0.349 e. The van der Waals surface area contributed by atoms with Gasteiger partial charge in [-0.15, -0.1) is 11.3 Å². The lowest BCUT2D eigenvalue weighted by Crippen LogP contribution is -2.35. The molecule has 106 valence electrons. The summed E-state index contributed by atoms with van der Waals surface area (Å²) in [5.74, 6) is -0.0919. The maximum absolute atomic E-state index is 11.9. The van der Waals surface area contributed by atoms with E-state index in [1.54, 1.807) is 5.38 Å². The number of aromatic nitrogens is 1. The number of likely N-dealkylation sites (tertiary alicyclic amines) is 1. The number of nitrogens with two attached hydrogens (primary N) is 1. The lowest BCUT2D eigenvalue weighted by Gasteiger charge is -2.19. The molecule has 1 aromatic heterocycles. The lowest BCUT2D eigenvalue weighted by molar-refractivity contribution is 0.0944. The first-order valence-electron chi connectivity index (χ1n) is 6.94. The van der Waals surface area contributed by atoms with E-state index in [0.29, 0.717) is 18.8 Å². The highest BCUT2D eigenvalue weighted by atomic mass is 32.1. The topological polar surface area (TPSA) is 71.2 Å². The molecule has 0 unspecified atom stereocenters. The van der Waals surface area contributed by atoms with E-state index in [2.05, 4.69) is 15.2 Å². The normalized spacial score (nSPS) is 17.1. The summed E-state index contributed by atoms with van der Waals surface area (Å²) in [7, 11) is 0. The minimum absolute atomic E-state index is 0.0919. The number of carbonyl (C=O) groups excluding carboxylic acids is 1. The number of hydrogen-bond donors (Lipinski definition) is 2. The number of carbonyl (C=O) groups is 1. The molecule has 19 heavy (non-hydrogen) atoms. The zero-order valence-corrected chi connectivity index (χ0v) is 12.0. The summed E-state index contributed by atoms with van der Waals surface area (Å²) in [6.45, 7) is 4.33. The van der Waals surface area contributed by atoms with Crippen LogP contribution in [0, 0.1) is 0 Å². The smallest absolute Gasteiger partial charge is 0.270 e. The van der Waals surface area contributed by atoms with Crippen molar-refractivity contribution in [2.24, 2.45) is 5.73 Å². The standard InChI is InChI=1S/C13H22N4OS/c14-9-12-16-11(10-19-12)13(18)15-5-8-17-6-3-1-2-4-7-17/h10H,1-9,14H2,(H,15,18). The molecule has 0 aliphatic carbocycles. The van der Waals surface area contributed by atoms with E-state index in [1.165, 1.54) is 37.0 Å². The molecule has 0 atom stereocenters. The number of nitrogens with one attached hydrogen (secondary N) is 1. The van der Waals surface area contributed by atoms with Gasteiger partial charge in [0.25, 0.3) is 5.91 Å². The Balaban J connectivity index is 1.71. The van der Waals surface area contributed by atoms with Crippen LogP contribution in [0.1, 0.15) is 41.2 Å². The average molecular weight is 282 g/mol. The van der Waals surface area contributed by atoms with Gasteiger partial charge in [0.15, 0.2) is 0 Å². The van der Waals surface area contributed by atoms with Crippen molar-refractivity contribution in [3.63, 3.8) is 0 Å². The molecule has 5 nitrogen and oxygen atoms in total. The number of thiazole rings is 1. The number of hydrogen-bond acceptors (Lipinski definition) is 5. The first-order valence-corrected chi connectivity index (χ1v) is 7.82. The molecule has 1 aromatic rings. The van der Waals surface area contributed by atoms with Crippen molar-refractivity contribution in [1.29, 1.82) is 0 Å². The van der Waals surface area contributed by atoms with Crippen LogP contribution in [0.25, 0.3) is 0 Å². The van der Waals surface area contributed by atoms with Crippen LogP contribution in [0.5, 0.6) is 0 Å². The Labute approximate surface area is 118 Å². The molecule has 3 N–H and O–H groups in total. The maximum Gasteiger partial charge on any atom is 0.270 e. The molecule has 1 amide bonds. The van der Waals surface area contributed by atoms with Crippen LogP contribution in [0.3, 0.4) is 0 Å². The first-order chi connectivity index (χ1) is 9.29. The predicted molar refractivity (Wildman–Crippen MR) is 77.2 cm³/mol. The van der Waals surface area contributed by atoms with Crippen LogP contribution in [0.2, 0.25) is 0 Å². The Morgan fingerprint density at radius 1 is 1.37 bits per heavy atom. The third-order valence-electron chi connectivity index (χ3n) is 3.37. The van der Waals surface area contributed by atoms with E-state index < -0.39 is 0 Å². The number of rotatable bonds is 5. The molecule has 0 radical (unpaired) electrons. The summed E-state index contributed by atoms with van der Waals surface area (Å²) in [6, 6.07) is 0.